The van der Waals surface area contributed by atoms with Crippen LogP contribution in [-0.2, 0) is 4.79 Å². The Morgan fingerprint density at radius 2 is 2.04 bits per heavy atom. The Morgan fingerprint density at radius 3 is 2.79 bits per heavy atom. The Morgan fingerprint density at radius 1 is 1.25 bits per heavy atom. The largest absolute Gasteiger partial charge is 0.332 e. The number of nitriles is 1. The van der Waals surface area contributed by atoms with Crippen LogP contribution in [0.15, 0.2) is 30.5 Å². The van der Waals surface area contributed by atoms with E-state index in [2.05, 4.69) is 16.4 Å². The number of fused-ring (bicyclic) bond motifs is 6. The van der Waals surface area contributed by atoms with Crippen molar-refractivity contribution >= 4 is 28.4 Å². The first-order chi connectivity index (χ1) is 11.7. The van der Waals surface area contributed by atoms with Crippen LogP contribution in [-0.4, -0.2) is 46.5 Å². The van der Waals surface area contributed by atoms with Crippen molar-refractivity contribution in [1.82, 2.24) is 15.2 Å². The number of anilines is 1. The summed E-state index contributed by atoms with van der Waals surface area (Å²) in [6, 6.07) is 8.69. The Labute approximate surface area is 137 Å². The number of pyridine rings is 1. The third kappa shape index (κ3) is 1.51. The lowest BCUT2D eigenvalue weighted by Gasteiger charge is -2.26. The molecule has 7 nitrogen and oxygen atoms in total. The third-order valence-corrected chi connectivity index (χ3v) is 5.22. The average Bonchev–Trinajstić information content (AvgIpc) is 3.28. The van der Waals surface area contributed by atoms with Crippen molar-refractivity contribution in [3.8, 4) is 6.07 Å². The Bertz CT molecular complexity index is 922. The standard InChI is InChI=1S/C17H13N5O2/c18-6-13-10-3-1-2-4-11(10)14(8-20-13)22-16(23)15-12-5-9(7-19-12)21(15)17(22)24/h1-4,8-9,12,15,19H,5,7H2. The smallest absolute Gasteiger partial charge is 0.309 e. The number of aromatic nitrogens is 1. The molecule has 3 saturated heterocycles. The summed E-state index contributed by atoms with van der Waals surface area (Å²) in [7, 11) is 0. The van der Waals surface area contributed by atoms with E-state index in [0.717, 1.165) is 13.0 Å². The first-order valence-corrected chi connectivity index (χ1v) is 7.88. The molecule has 3 aliphatic rings. The fourth-order valence-corrected chi connectivity index (χ4v) is 4.20. The van der Waals surface area contributed by atoms with Crippen LogP contribution in [0.2, 0.25) is 0 Å². The van der Waals surface area contributed by atoms with E-state index in [1.54, 1.807) is 11.0 Å². The molecule has 0 radical (unpaired) electrons. The molecule has 7 heteroatoms. The maximum absolute atomic E-state index is 12.9. The molecule has 0 saturated carbocycles. The van der Waals surface area contributed by atoms with Crippen LogP contribution < -0.4 is 10.2 Å². The number of hydrogen-bond acceptors (Lipinski definition) is 5. The molecule has 3 atom stereocenters. The van der Waals surface area contributed by atoms with Gasteiger partial charge in [0.1, 0.15) is 17.8 Å². The Balaban J connectivity index is 1.68. The van der Waals surface area contributed by atoms with Crippen LogP contribution >= 0.6 is 0 Å². The summed E-state index contributed by atoms with van der Waals surface area (Å²) in [5.74, 6) is -0.212. The normalized spacial score (nSPS) is 27.9. The molecule has 1 aromatic carbocycles. The highest BCUT2D eigenvalue weighted by Gasteiger charge is 2.59. The van der Waals surface area contributed by atoms with E-state index in [0.29, 0.717) is 16.5 Å². The maximum atomic E-state index is 12.9. The molecule has 0 spiro atoms. The molecule has 3 fully saturated rings. The molecule has 3 aliphatic heterocycles. The second-order valence-corrected chi connectivity index (χ2v) is 6.36. The summed E-state index contributed by atoms with van der Waals surface area (Å²) in [6.45, 7) is 0.737. The van der Waals surface area contributed by atoms with Crippen LogP contribution in [0.25, 0.3) is 10.8 Å². The number of nitrogens with one attached hydrogen (secondary N) is 1. The first-order valence-electron chi connectivity index (χ1n) is 7.88. The van der Waals surface area contributed by atoms with Gasteiger partial charge in [-0.15, -0.1) is 0 Å². The van der Waals surface area contributed by atoms with Crippen molar-refractivity contribution < 1.29 is 9.59 Å². The molecular formula is C17H13N5O2. The van der Waals surface area contributed by atoms with E-state index >= 15 is 0 Å². The van der Waals surface area contributed by atoms with E-state index in [1.807, 2.05) is 18.2 Å². The van der Waals surface area contributed by atoms with Gasteiger partial charge in [-0.1, -0.05) is 24.3 Å². The van der Waals surface area contributed by atoms with Gasteiger partial charge in [0.05, 0.1) is 11.9 Å². The number of imide groups is 1. The van der Waals surface area contributed by atoms with Gasteiger partial charge in [0.2, 0.25) is 0 Å². The second-order valence-electron chi connectivity index (χ2n) is 6.36. The number of rotatable bonds is 1. The zero-order chi connectivity index (χ0) is 16.4. The number of hydrogen-bond donors (Lipinski definition) is 1. The lowest BCUT2D eigenvalue weighted by molar-refractivity contribution is -0.120. The van der Waals surface area contributed by atoms with Gasteiger partial charge in [-0.3, -0.25) is 4.79 Å². The molecule has 3 unspecified atom stereocenters. The molecular weight excluding hydrogens is 306 g/mol. The lowest BCUT2D eigenvalue weighted by atomic mass is 10.1. The molecule has 5 rings (SSSR count). The van der Waals surface area contributed by atoms with E-state index in [4.69, 9.17) is 0 Å². The molecule has 1 aromatic heterocycles. The molecule has 3 amide bonds. The van der Waals surface area contributed by atoms with Gasteiger partial charge >= 0.3 is 6.03 Å². The number of amides is 3. The summed E-state index contributed by atoms with van der Waals surface area (Å²) >= 11 is 0. The van der Waals surface area contributed by atoms with Crippen molar-refractivity contribution in [2.24, 2.45) is 0 Å². The molecule has 24 heavy (non-hydrogen) atoms. The fraction of sp³-hybridized carbons (Fsp3) is 0.294. The highest BCUT2D eigenvalue weighted by Crippen LogP contribution is 2.39. The zero-order valence-corrected chi connectivity index (χ0v) is 12.6. The van der Waals surface area contributed by atoms with E-state index < -0.39 is 6.04 Å². The van der Waals surface area contributed by atoms with Crippen molar-refractivity contribution in [2.75, 3.05) is 11.4 Å². The van der Waals surface area contributed by atoms with Crippen LogP contribution in [0.3, 0.4) is 0 Å². The predicted molar refractivity (Wildman–Crippen MR) is 85.2 cm³/mol. The minimum absolute atomic E-state index is 0.0362. The van der Waals surface area contributed by atoms with Gasteiger partial charge in [-0.05, 0) is 6.42 Å². The third-order valence-electron chi connectivity index (χ3n) is 5.22. The van der Waals surface area contributed by atoms with Crippen LogP contribution in [0.1, 0.15) is 12.1 Å². The zero-order valence-electron chi connectivity index (χ0n) is 12.6. The highest BCUT2D eigenvalue weighted by atomic mass is 16.2. The topological polar surface area (TPSA) is 89.3 Å². The van der Waals surface area contributed by atoms with E-state index in [-0.39, 0.29) is 29.7 Å². The van der Waals surface area contributed by atoms with Crippen LogP contribution in [0.4, 0.5) is 10.5 Å². The molecule has 2 bridgehead atoms. The quantitative estimate of drug-likeness (QED) is 0.792. The number of carbonyl (C=O) groups is 2. The Hall–Kier alpha value is -2.98. The van der Waals surface area contributed by atoms with Crippen molar-refractivity contribution in [3.05, 3.63) is 36.2 Å². The molecule has 2 aromatic rings. The summed E-state index contributed by atoms with van der Waals surface area (Å²) in [6.07, 6.45) is 2.29. The molecule has 1 N–H and O–H groups in total. The SMILES string of the molecule is N#Cc1ncc(N2C(=O)C3C4CC(CN4)N3C2=O)c2ccccc12. The first kappa shape index (κ1) is 13.5. The van der Waals surface area contributed by atoms with Crippen molar-refractivity contribution in [3.63, 3.8) is 0 Å². The minimum Gasteiger partial charge on any atom is -0.309 e. The van der Waals surface area contributed by atoms with Crippen LogP contribution in [0, 0.1) is 11.3 Å². The number of benzene rings is 1. The Kier molecular flexibility index (Phi) is 2.54. The molecule has 4 heterocycles. The molecule has 118 valence electrons. The van der Waals surface area contributed by atoms with Crippen molar-refractivity contribution in [1.29, 1.82) is 5.26 Å². The van der Waals surface area contributed by atoms with Gasteiger partial charge in [0.25, 0.3) is 5.91 Å². The van der Waals surface area contributed by atoms with Gasteiger partial charge in [-0.2, -0.15) is 5.26 Å². The number of piperazine rings is 1. The fourth-order valence-electron chi connectivity index (χ4n) is 4.20. The van der Waals surface area contributed by atoms with Gasteiger partial charge in [-0.25, -0.2) is 14.7 Å². The number of carbonyl (C=O) groups excluding carboxylic acids is 2. The predicted octanol–water partition coefficient (Wildman–Crippen LogP) is 0.988. The lowest BCUT2D eigenvalue weighted by Crippen LogP contribution is -2.51. The molecule has 0 aliphatic carbocycles. The number of urea groups is 1. The van der Waals surface area contributed by atoms with E-state index in [9.17, 15) is 14.9 Å². The summed E-state index contributed by atoms with van der Waals surface area (Å²) < 4.78 is 0. The van der Waals surface area contributed by atoms with Crippen molar-refractivity contribution in [2.45, 2.75) is 24.5 Å². The minimum atomic E-state index is -0.425. The van der Waals surface area contributed by atoms with Gasteiger partial charge in [0.15, 0.2) is 0 Å². The summed E-state index contributed by atoms with van der Waals surface area (Å²) in [5, 5.41) is 13.9. The van der Waals surface area contributed by atoms with Gasteiger partial charge < -0.3 is 10.2 Å². The second kappa shape index (κ2) is 4.52. The summed E-state index contributed by atoms with van der Waals surface area (Å²) in [5.41, 5.74) is 0.740. The monoisotopic (exact) mass is 319 g/mol. The average molecular weight is 319 g/mol. The maximum Gasteiger partial charge on any atom is 0.332 e. The van der Waals surface area contributed by atoms with Crippen LogP contribution in [0.5, 0.6) is 0 Å². The number of nitrogens with zero attached hydrogens (tertiary/aromatic N) is 4. The van der Waals surface area contributed by atoms with Gasteiger partial charge in [0, 0.05) is 29.4 Å². The highest BCUT2D eigenvalue weighted by molar-refractivity contribution is 6.25. The van der Waals surface area contributed by atoms with E-state index in [1.165, 1.54) is 11.1 Å². The summed E-state index contributed by atoms with van der Waals surface area (Å²) in [4.78, 5) is 32.9.